The van der Waals surface area contributed by atoms with Gasteiger partial charge in [-0.25, -0.2) is 0 Å². The van der Waals surface area contributed by atoms with Gasteiger partial charge in [-0.2, -0.15) is 0 Å². The van der Waals surface area contributed by atoms with Crippen molar-refractivity contribution < 1.29 is 0 Å². The molecule has 106 valence electrons. The summed E-state index contributed by atoms with van der Waals surface area (Å²) in [6.07, 6.45) is 10.5. The zero-order valence-electron chi connectivity index (χ0n) is 12.9. The Bertz CT molecular complexity index is 478. The molecule has 0 unspecified atom stereocenters. The standard InChI is InChI=1S/C20H26/c1-5-12-17(8-4)20(18(13-6-2)14-7-3)19-15-10-9-11-16-19/h5,8-12,15-16H,1,4,6-7,13-14H2,2-3H3/b17-12+. The van der Waals surface area contributed by atoms with Gasteiger partial charge in [0.05, 0.1) is 0 Å². The van der Waals surface area contributed by atoms with E-state index in [2.05, 4.69) is 63.4 Å². The van der Waals surface area contributed by atoms with Gasteiger partial charge in [0.1, 0.15) is 0 Å². The first-order valence-electron chi connectivity index (χ1n) is 7.51. The van der Waals surface area contributed by atoms with Crippen LogP contribution in [-0.2, 0) is 0 Å². The van der Waals surface area contributed by atoms with Gasteiger partial charge in [-0.15, -0.1) is 0 Å². The Morgan fingerprint density at radius 2 is 1.60 bits per heavy atom. The molecule has 0 aliphatic carbocycles. The molecule has 0 spiro atoms. The minimum Gasteiger partial charge on any atom is -0.0990 e. The van der Waals surface area contributed by atoms with Crippen LogP contribution in [0, 0.1) is 0 Å². The largest absolute Gasteiger partial charge is 0.0990 e. The fourth-order valence-electron chi connectivity index (χ4n) is 2.54. The first-order valence-corrected chi connectivity index (χ1v) is 7.51. The minimum atomic E-state index is 1.14. The Hall–Kier alpha value is -1.82. The second-order valence-electron chi connectivity index (χ2n) is 4.91. The van der Waals surface area contributed by atoms with Crippen LogP contribution in [0.4, 0.5) is 0 Å². The Morgan fingerprint density at radius 1 is 1.00 bits per heavy atom. The molecule has 0 atom stereocenters. The van der Waals surface area contributed by atoms with Crippen LogP contribution in [0.5, 0.6) is 0 Å². The molecule has 0 aliphatic rings. The summed E-state index contributed by atoms with van der Waals surface area (Å²) in [6.45, 7) is 12.3. The van der Waals surface area contributed by atoms with Crippen molar-refractivity contribution in [2.75, 3.05) is 0 Å². The molecule has 0 amide bonds. The first kappa shape index (κ1) is 16.2. The summed E-state index contributed by atoms with van der Waals surface area (Å²) in [6, 6.07) is 10.6. The van der Waals surface area contributed by atoms with E-state index in [4.69, 9.17) is 0 Å². The monoisotopic (exact) mass is 266 g/mol. The lowest BCUT2D eigenvalue weighted by Gasteiger charge is -2.16. The van der Waals surface area contributed by atoms with E-state index >= 15 is 0 Å². The van der Waals surface area contributed by atoms with Crippen molar-refractivity contribution in [2.24, 2.45) is 0 Å². The summed E-state index contributed by atoms with van der Waals surface area (Å²) >= 11 is 0. The van der Waals surface area contributed by atoms with Gasteiger partial charge in [0.15, 0.2) is 0 Å². The predicted octanol–water partition coefficient (Wildman–Crippen LogP) is 6.34. The third kappa shape index (κ3) is 4.38. The van der Waals surface area contributed by atoms with Crippen LogP contribution in [0.25, 0.3) is 5.57 Å². The summed E-state index contributed by atoms with van der Waals surface area (Å²) in [5.41, 5.74) is 5.30. The van der Waals surface area contributed by atoms with Gasteiger partial charge >= 0.3 is 0 Å². The normalized spacial score (nSPS) is 11.0. The molecule has 1 aromatic rings. The van der Waals surface area contributed by atoms with Crippen molar-refractivity contribution in [3.05, 3.63) is 78.4 Å². The summed E-state index contributed by atoms with van der Waals surface area (Å²) in [5, 5.41) is 0. The molecule has 20 heavy (non-hydrogen) atoms. The van der Waals surface area contributed by atoms with Crippen LogP contribution in [0.15, 0.2) is 72.9 Å². The molecule has 0 fully saturated rings. The average Bonchev–Trinajstić information content (AvgIpc) is 2.48. The van der Waals surface area contributed by atoms with Gasteiger partial charge in [0.2, 0.25) is 0 Å². The highest BCUT2D eigenvalue weighted by Crippen LogP contribution is 2.32. The average molecular weight is 266 g/mol. The number of hydrogen-bond acceptors (Lipinski definition) is 0. The zero-order chi connectivity index (χ0) is 14.8. The van der Waals surface area contributed by atoms with Gasteiger partial charge in [-0.3, -0.25) is 0 Å². The van der Waals surface area contributed by atoms with Gasteiger partial charge in [-0.1, -0.05) is 94.0 Å². The van der Waals surface area contributed by atoms with Crippen molar-refractivity contribution in [1.29, 1.82) is 0 Å². The molecule has 0 radical (unpaired) electrons. The molecular weight excluding hydrogens is 240 g/mol. The van der Waals surface area contributed by atoms with Gasteiger partial charge in [0, 0.05) is 0 Å². The summed E-state index contributed by atoms with van der Waals surface area (Å²) < 4.78 is 0. The number of benzene rings is 1. The smallest absolute Gasteiger partial charge is 0.0120 e. The summed E-state index contributed by atoms with van der Waals surface area (Å²) in [5.74, 6) is 0. The van der Waals surface area contributed by atoms with E-state index in [1.54, 1.807) is 0 Å². The van der Waals surface area contributed by atoms with Crippen molar-refractivity contribution >= 4 is 5.57 Å². The number of allylic oxidation sites excluding steroid dienone is 6. The highest BCUT2D eigenvalue weighted by Gasteiger charge is 2.11. The van der Waals surface area contributed by atoms with E-state index in [0.29, 0.717) is 0 Å². The molecule has 1 aromatic carbocycles. The Morgan fingerprint density at radius 3 is 2.05 bits per heavy atom. The van der Waals surface area contributed by atoms with Crippen molar-refractivity contribution in [1.82, 2.24) is 0 Å². The molecule has 0 aliphatic heterocycles. The van der Waals surface area contributed by atoms with Crippen molar-refractivity contribution in [3.63, 3.8) is 0 Å². The maximum atomic E-state index is 3.98. The highest BCUT2D eigenvalue weighted by molar-refractivity contribution is 5.84. The Labute approximate surface area is 124 Å². The predicted molar refractivity (Wildman–Crippen MR) is 91.7 cm³/mol. The number of rotatable bonds is 8. The van der Waals surface area contributed by atoms with Gasteiger partial charge < -0.3 is 0 Å². The van der Waals surface area contributed by atoms with Gasteiger partial charge in [-0.05, 0) is 29.6 Å². The lowest BCUT2D eigenvalue weighted by Crippen LogP contribution is -1.96. The third-order valence-corrected chi connectivity index (χ3v) is 3.33. The fraction of sp³-hybridized carbons (Fsp3) is 0.300. The topological polar surface area (TPSA) is 0 Å². The summed E-state index contributed by atoms with van der Waals surface area (Å²) in [4.78, 5) is 0. The SMILES string of the molecule is C=C/C=C(\C=C)C(=C(CCC)CCC)c1ccccc1. The third-order valence-electron chi connectivity index (χ3n) is 3.33. The van der Waals surface area contributed by atoms with Crippen LogP contribution in [0.1, 0.15) is 45.1 Å². The molecule has 0 heteroatoms. The maximum absolute atomic E-state index is 3.98. The van der Waals surface area contributed by atoms with Crippen LogP contribution >= 0.6 is 0 Å². The summed E-state index contributed by atoms with van der Waals surface area (Å²) in [7, 11) is 0. The molecule has 0 heterocycles. The van der Waals surface area contributed by atoms with E-state index in [9.17, 15) is 0 Å². The van der Waals surface area contributed by atoms with Crippen LogP contribution in [0.3, 0.4) is 0 Å². The fourth-order valence-corrected chi connectivity index (χ4v) is 2.54. The maximum Gasteiger partial charge on any atom is -0.0120 e. The van der Waals surface area contributed by atoms with Crippen molar-refractivity contribution in [3.8, 4) is 0 Å². The highest BCUT2D eigenvalue weighted by atomic mass is 14.2. The Kier molecular flexibility index (Phi) is 7.42. The van der Waals surface area contributed by atoms with Crippen LogP contribution < -0.4 is 0 Å². The van der Waals surface area contributed by atoms with Crippen LogP contribution in [0.2, 0.25) is 0 Å². The van der Waals surface area contributed by atoms with Crippen molar-refractivity contribution in [2.45, 2.75) is 39.5 Å². The van der Waals surface area contributed by atoms with E-state index in [1.165, 1.54) is 35.1 Å². The zero-order valence-corrected chi connectivity index (χ0v) is 12.9. The quantitative estimate of drug-likeness (QED) is 0.482. The van der Waals surface area contributed by atoms with Gasteiger partial charge in [0.25, 0.3) is 0 Å². The molecule has 1 rings (SSSR count). The van der Waals surface area contributed by atoms with E-state index in [-0.39, 0.29) is 0 Å². The lowest BCUT2D eigenvalue weighted by molar-refractivity contribution is 0.806. The van der Waals surface area contributed by atoms with E-state index < -0.39 is 0 Å². The van der Waals surface area contributed by atoms with E-state index in [0.717, 1.165) is 12.8 Å². The van der Waals surface area contributed by atoms with E-state index in [1.807, 2.05) is 12.2 Å². The number of hydrogen-bond donors (Lipinski definition) is 0. The molecule has 0 saturated carbocycles. The molecule has 0 aromatic heterocycles. The first-order chi connectivity index (χ1) is 9.78. The lowest BCUT2D eigenvalue weighted by atomic mass is 9.88. The molecular formula is C20H26. The Balaban J connectivity index is 3.46. The van der Waals surface area contributed by atoms with Crippen LogP contribution in [-0.4, -0.2) is 0 Å². The molecule has 0 N–H and O–H groups in total. The second-order valence-corrected chi connectivity index (χ2v) is 4.91. The molecule has 0 saturated heterocycles. The minimum absolute atomic E-state index is 1.14. The second kappa shape index (κ2) is 9.14. The molecule has 0 bridgehead atoms. The molecule has 0 nitrogen and oxygen atoms in total.